The van der Waals surface area contributed by atoms with Crippen molar-refractivity contribution in [2.45, 2.75) is 329 Å². The molecule has 6 nitrogen and oxygen atoms in total. The summed E-state index contributed by atoms with van der Waals surface area (Å²) in [5.74, 6) is -0.887. The Morgan fingerprint density at radius 2 is 0.539 bits per heavy atom. The molecule has 0 fully saturated rings. The standard InChI is InChI=1S/C70H122O6/c1-4-7-10-13-16-19-22-24-26-28-30-32-34-35-37-38-40-42-44-46-48-51-54-57-60-63-69(72)75-66-67(65-74-68(71)62-59-56-53-50-21-18-15-12-9-6-3)76-70(73)64-61-58-55-52-49-47-45-43-41-39-36-33-31-29-27-25-23-20-17-14-11-8-5-2/h7,10,12,15-16,19,24,26,29-32,35,37,67H,4-6,8-9,11,13-14,17-18,20-23,25,27-28,33-34,36,38-66H2,1-3H3/b10-7-,15-12-,19-16-,26-24-,31-29-,32-30-,37-35-. The average Bonchev–Trinajstić information content (AvgIpc) is 3.42. The fourth-order valence-corrected chi connectivity index (χ4v) is 9.23. The first-order valence-electron chi connectivity index (χ1n) is 32.6. The predicted molar refractivity (Wildman–Crippen MR) is 330 cm³/mol. The van der Waals surface area contributed by atoms with Gasteiger partial charge in [0.15, 0.2) is 6.10 Å². The van der Waals surface area contributed by atoms with E-state index in [1.807, 2.05) is 0 Å². The number of carbonyl (C=O) groups excluding carboxylic acids is 3. The fourth-order valence-electron chi connectivity index (χ4n) is 9.23. The molecule has 0 rings (SSSR count). The molecule has 0 aliphatic rings. The molecule has 0 radical (unpaired) electrons. The number of rotatable bonds is 59. The van der Waals surface area contributed by atoms with E-state index in [4.69, 9.17) is 14.2 Å². The van der Waals surface area contributed by atoms with Crippen molar-refractivity contribution in [2.75, 3.05) is 13.2 Å². The number of hydrogen-bond acceptors (Lipinski definition) is 6. The van der Waals surface area contributed by atoms with Gasteiger partial charge in [-0.1, -0.05) is 279 Å². The molecule has 0 saturated heterocycles. The van der Waals surface area contributed by atoms with Crippen LogP contribution in [-0.4, -0.2) is 37.2 Å². The van der Waals surface area contributed by atoms with Gasteiger partial charge in [-0.25, -0.2) is 0 Å². The van der Waals surface area contributed by atoms with Crippen LogP contribution in [0.5, 0.6) is 0 Å². The quantitative estimate of drug-likeness (QED) is 0.0261. The first kappa shape index (κ1) is 72.6. The van der Waals surface area contributed by atoms with Crippen molar-refractivity contribution in [3.8, 4) is 0 Å². The van der Waals surface area contributed by atoms with Crippen LogP contribution in [-0.2, 0) is 28.6 Å². The van der Waals surface area contributed by atoms with Crippen LogP contribution in [0.2, 0.25) is 0 Å². The molecule has 0 bridgehead atoms. The van der Waals surface area contributed by atoms with Crippen LogP contribution in [0.1, 0.15) is 323 Å². The van der Waals surface area contributed by atoms with Crippen LogP contribution in [0, 0.1) is 0 Å². The van der Waals surface area contributed by atoms with Crippen molar-refractivity contribution in [3.05, 3.63) is 85.1 Å². The summed E-state index contributed by atoms with van der Waals surface area (Å²) >= 11 is 0. The topological polar surface area (TPSA) is 78.9 Å². The third-order valence-corrected chi connectivity index (χ3v) is 14.1. The number of carbonyl (C=O) groups is 3. The van der Waals surface area contributed by atoms with E-state index in [0.717, 1.165) is 109 Å². The van der Waals surface area contributed by atoms with Crippen LogP contribution in [0.4, 0.5) is 0 Å². The smallest absolute Gasteiger partial charge is 0.306 e. The Morgan fingerprint density at radius 1 is 0.276 bits per heavy atom. The minimum atomic E-state index is -0.783. The van der Waals surface area contributed by atoms with Crippen LogP contribution in [0.15, 0.2) is 85.1 Å². The fraction of sp³-hybridized carbons (Fsp3) is 0.757. The van der Waals surface area contributed by atoms with Gasteiger partial charge in [0.1, 0.15) is 13.2 Å². The maximum absolute atomic E-state index is 12.9. The van der Waals surface area contributed by atoms with Crippen molar-refractivity contribution in [2.24, 2.45) is 0 Å². The average molecular weight is 1060 g/mol. The normalized spacial score (nSPS) is 12.6. The van der Waals surface area contributed by atoms with Gasteiger partial charge in [0.2, 0.25) is 0 Å². The molecule has 1 atom stereocenters. The third kappa shape index (κ3) is 61.4. The zero-order chi connectivity index (χ0) is 55.0. The van der Waals surface area contributed by atoms with Crippen LogP contribution in [0.3, 0.4) is 0 Å². The number of hydrogen-bond donors (Lipinski definition) is 0. The molecule has 76 heavy (non-hydrogen) atoms. The highest BCUT2D eigenvalue weighted by Crippen LogP contribution is 2.16. The lowest BCUT2D eigenvalue weighted by Gasteiger charge is -2.18. The summed E-state index contributed by atoms with van der Waals surface area (Å²) in [6, 6.07) is 0. The van der Waals surface area contributed by atoms with Crippen molar-refractivity contribution >= 4 is 17.9 Å². The first-order chi connectivity index (χ1) is 37.5. The number of esters is 3. The van der Waals surface area contributed by atoms with E-state index in [0.29, 0.717) is 19.3 Å². The summed E-state index contributed by atoms with van der Waals surface area (Å²) in [5.41, 5.74) is 0. The Morgan fingerprint density at radius 3 is 0.868 bits per heavy atom. The molecule has 0 heterocycles. The molecular weight excluding hydrogens is 937 g/mol. The Bertz CT molecular complexity index is 1450. The van der Waals surface area contributed by atoms with Crippen molar-refractivity contribution in [3.63, 3.8) is 0 Å². The molecule has 0 aromatic rings. The number of unbranched alkanes of at least 4 members (excludes halogenated alkanes) is 34. The molecule has 0 aromatic heterocycles. The lowest BCUT2D eigenvalue weighted by Crippen LogP contribution is -2.30. The maximum Gasteiger partial charge on any atom is 0.306 e. The van der Waals surface area contributed by atoms with Gasteiger partial charge in [-0.05, 0) is 109 Å². The first-order valence-corrected chi connectivity index (χ1v) is 32.6. The van der Waals surface area contributed by atoms with Crippen LogP contribution >= 0.6 is 0 Å². The van der Waals surface area contributed by atoms with E-state index in [1.165, 1.54) is 173 Å². The summed E-state index contributed by atoms with van der Waals surface area (Å²) < 4.78 is 16.9. The molecule has 0 amide bonds. The number of ether oxygens (including phenoxy) is 3. The van der Waals surface area contributed by atoms with Crippen LogP contribution < -0.4 is 0 Å². The predicted octanol–water partition coefficient (Wildman–Crippen LogP) is 22.3. The second-order valence-electron chi connectivity index (χ2n) is 21.6. The summed E-state index contributed by atoms with van der Waals surface area (Å²) in [5, 5.41) is 0. The lowest BCUT2D eigenvalue weighted by atomic mass is 10.0. The summed E-state index contributed by atoms with van der Waals surface area (Å²) in [6.07, 6.45) is 84.6. The Balaban J connectivity index is 4.24. The van der Waals surface area contributed by atoms with Crippen LogP contribution in [0.25, 0.3) is 0 Å². The van der Waals surface area contributed by atoms with E-state index < -0.39 is 6.10 Å². The second kappa shape index (κ2) is 64.1. The van der Waals surface area contributed by atoms with Gasteiger partial charge in [-0.3, -0.25) is 14.4 Å². The maximum atomic E-state index is 12.9. The monoisotopic (exact) mass is 1060 g/mol. The minimum absolute atomic E-state index is 0.0813. The highest BCUT2D eigenvalue weighted by Gasteiger charge is 2.19. The Kier molecular flexibility index (Phi) is 61.2. The molecule has 1 unspecified atom stereocenters. The van der Waals surface area contributed by atoms with E-state index in [-0.39, 0.29) is 31.1 Å². The molecule has 6 heteroatoms. The van der Waals surface area contributed by atoms with E-state index in [1.54, 1.807) is 0 Å². The second-order valence-corrected chi connectivity index (χ2v) is 21.6. The molecule has 0 N–H and O–H groups in total. The molecule has 0 aromatic carbocycles. The highest BCUT2D eigenvalue weighted by molar-refractivity contribution is 5.71. The summed E-state index contributed by atoms with van der Waals surface area (Å²) in [7, 11) is 0. The van der Waals surface area contributed by atoms with E-state index in [9.17, 15) is 14.4 Å². The SMILES string of the molecule is CC/C=C\C/C=C\C/C=C\C/C=C\C/C=C\CCCCCCCCCCCC(=O)OCC(COC(=O)CCCCCCC/C=C\CCC)OC(=O)CCCCCCCCCCCCC/C=C\CCCCCCCCCC. The zero-order valence-electron chi connectivity index (χ0n) is 50.3. The van der Waals surface area contributed by atoms with Gasteiger partial charge in [0.05, 0.1) is 0 Å². The van der Waals surface area contributed by atoms with Gasteiger partial charge in [-0.15, -0.1) is 0 Å². The summed E-state index contributed by atoms with van der Waals surface area (Å²) in [4.78, 5) is 38.2. The number of allylic oxidation sites excluding steroid dienone is 14. The zero-order valence-corrected chi connectivity index (χ0v) is 50.3. The van der Waals surface area contributed by atoms with Gasteiger partial charge in [0.25, 0.3) is 0 Å². The van der Waals surface area contributed by atoms with Gasteiger partial charge >= 0.3 is 17.9 Å². The minimum Gasteiger partial charge on any atom is -0.462 e. The Hall–Kier alpha value is -3.41. The molecule has 0 aliphatic heterocycles. The van der Waals surface area contributed by atoms with Crippen molar-refractivity contribution in [1.82, 2.24) is 0 Å². The third-order valence-electron chi connectivity index (χ3n) is 14.1. The van der Waals surface area contributed by atoms with Gasteiger partial charge < -0.3 is 14.2 Å². The molecular formula is C70H122O6. The molecule has 438 valence electrons. The van der Waals surface area contributed by atoms with Crippen molar-refractivity contribution in [1.29, 1.82) is 0 Å². The lowest BCUT2D eigenvalue weighted by molar-refractivity contribution is -0.167. The Labute approximate surface area is 471 Å². The van der Waals surface area contributed by atoms with E-state index >= 15 is 0 Å². The van der Waals surface area contributed by atoms with E-state index in [2.05, 4.69) is 106 Å². The highest BCUT2D eigenvalue weighted by atomic mass is 16.6. The molecule has 0 spiro atoms. The van der Waals surface area contributed by atoms with Gasteiger partial charge in [0, 0.05) is 19.3 Å². The summed E-state index contributed by atoms with van der Waals surface area (Å²) in [6.45, 7) is 6.48. The van der Waals surface area contributed by atoms with Gasteiger partial charge in [-0.2, -0.15) is 0 Å². The largest absolute Gasteiger partial charge is 0.462 e. The van der Waals surface area contributed by atoms with Crippen molar-refractivity contribution < 1.29 is 28.6 Å². The molecule has 0 saturated carbocycles. The molecule has 0 aliphatic carbocycles.